The number of hydrogen-bond donors (Lipinski definition) is 1. The van der Waals surface area contributed by atoms with Gasteiger partial charge in [0.25, 0.3) is 0 Å². The van der Waals surface area contributed by atoms with Crippen LogP contribution in [0.25, 0.3) is 0 Å². The molecule has 4 fully saturated rings. The number of aliphatic hydroxyl groups is 1. The van der Waals surface area contributed by atoms with Crippen molar-refractivity contribution in [3.05, 3.63) is 0 Å². The van der Waals surface area contributed by atoms with Crippen LogP contribution in [0.2, 0.25) is 0 Å². The minimum atomic E-state index is -2.42. The van der Waals surface area contributed by atoms with E-state index in [0.29, 0.717) is 27.8 Å². The van der Waals surface area contributed by atoms with Crippen molar-refractivity contribution in [1.82, 2.24) is 0 Å². The lowest BCUT2D eigenvalue weighted by atomic mass is 9.44. The number of likely N-dealkylation sites (N-methyl/N-ethyl adjacent to an activating group) is 1. The molecule has 4 aliphatic rings. The highest BCUT2D eigenvalue weighted by atomic mass is 31.1. The number of aliphatic hydroxyl groups excluding tert-OH is 1. The Kier molecular flexibility index (Phi) is 14.8. The molecule has 4 aliphatic carbocycles. The van der Waals surface area contributed by atoms with Crippen LogP contribution in [0.1, 0.15) is 131 Å². The lowest BCUT2D eigenvalue weighted by Gasteiger charge is -2.61. The molecular weight excluding hydrogens is 613 g/mol. The SMILES string of the molecule is CC[C@H](CC[C@@H](C)[C@H]1CCC2C3CCC4C[C@@H](OC(=O)CCC(O)O[P+](=O)OCC[N+](C)(C)C)CC[C@]4(C)C3CC[C@@]21C)C(C)C.[OH-]. The Morgan fingerprint density at radius 2 is 1.62 bits per heavy atom. The number of rotatable bonds is 16. The minimum Gasteiger partial charge on any atom is -0.870 e. The van der Waals surface area contributed by atoms with Gasteiger partial charge in [-0.05, 0) is 122 Å². The highest BCUT2D eigenvalue weighted by molar-refractivity contribution is 7.33. The molecule has 0 spiro atoms. The number of ether oxygens (including phenoxy) is 1. The molecule has 274 valence electrons. The third-order valence-corrected chi connectivity index (χ3v) is 14.7. The topological polar surface area (TPSA) is 112 Å². The van der Waals surface area contributed by atoms with Crippen molar-refractivity contribution in [2.24, 2.45) is 58.2 Å². The largest absolute Gasteiger partial charge is 0.870 e. The Balaban J connectivity index is 0.00000600. The average Bonchev–Trinajstić information content (AvgIpc) is 3.33. The Hall–Kier alpha value is -0.630. The molecule has 9 heteroatoms. The van der Waals surface area contributed by atoms with E-state index < -0.39 is 14.5 Å². The van der Waals surface area contributed by atoms with Crippen LogP contribution in [0, 0.1) is 58.2 Å². The maximum Gasteiger partial charge on any atom is 0.700 e. The van der Waals surface area contributed by atoms with Gasteiger partial charge in [-0.3, -0.25) is 4.79 Å². The number of carbonyl (C=O) groups excluding carboxylic acids is 1. The minimum absolute atomic E-state index is 0. The average molecular weight is 685 g/mol. The van der Waals surface area contributed by atoms with Crippen molar-refractivity contribution in [3.8, 4) is 0 Å². The van der Waals surface area contributed by atoms with E-state index in [2.05, 4.69) is 41.5 Å². The van der Waals surface area contributed by atoms with E-state index in [1.54, 1.807) is 0 Å². The van der Waals surface area contributed by atoms with Gasteiger partial charge in [0, 0.05) is 11.0 Å². The van der Waals surface area contributed by atoms with Gasteiger partial charge in [-0.25, -0.2) is 0 Å². The molecule has 0 amide bonds. The van der Waals surface area contributed by atoms with Crippen LogP contribution in [0.4, 0.5) is 0 Å². The van der Waals surface area contributed by atoms with Gasteiger partial charge in [0.2, 0.25) is 6.29 Å². The summed E-state index contributed by atoms with van der Waals surface area (Å²) in [7, 11) is 3.63. The molecule has 0 aromatic heterocycles. The molecular formula is C38H71NO7P+. The quantitative estimate of drug-likeness (QED) is 0.0748. The number of carbonyl (C=O) groups is 1. The molecule has 0 heterocycles. The fourth-order valence-corrected chi connectivity index (χ4v) is 11.6. The van der Waals surface area contributed by atoms with E-state index in [1.165, 1.54) is 57.8 Å². The van der Waals surface area contributed by atoms with Crippen LogP contribution in [-0.4, -0.2) is 67.7 Å². The Labute approximate surface area is 288 Å². The van der Waals surface area contributed by atoms with Gasteiger partial charge in [0.1, 0.15) is 12.6 Å². The zero-order valence-electron chi connectivity index (χ0n) is 31.4. The Morgan fingerprint density at radius 3 is 2.28 bits per heavy atom. The Morgan fingerprint density at radius 1 is 0.936 bits per heavy atom. The first-order valence-corrected chi connectivity index (χ1v) is 20.1. The summed E-state index contributed by atoms with van der Waals surface area (Å²) in [5, 5.41) is 10.1. The number of fused-ring (bicyclic) bond motifs is 5. The number of esters is 1. The molecule has 0 radical (unpaired) electrons. The van der Waals surface area contributed by atoms with Crippen molar-refractivity contribution in [3.63, 3.8) is 0 Å². The third kappa shape index (κ3) is 10.0. The van der Waals surface area contributed by atoms with E-state index in [9.17, 15) is 14.5 Å². The molecule has 0 aliphatic heterocycles. The fraction of sp³-hybridized carbons (Fsp3) is 0.974. The predicted octanol–water partition coefficient (Wildman–Crippen LogP) is 8.97. The van der Waals surface area contributed by atoms with Crippen molar-refractivity contribution in [1.29, 1.82) is 0 Å². The molecule has 2 N–H and O–H groups in total. The van der Waals surface area contributed by atoms with Crippen molar-refractivity contribution < 1.29 is 38.2 Å². The highest BCUT2D eigenvalue weighted by Crippen LogP contribution is 2.68. The molecule has 8 nitrogen and oxygen atoms in total. The molecule has 0 aromatic rings. The number of quaternary nitrogens is 1. The number of nitrogens with zero attached hydrogens (tertiary/aromatic N) is 1. The van der Waals surface area contributed by atoms with Gasteiger partial charge in [0.05, 0.1) is 27.6 Å². The van der Waals surface area contributed by atoms with Gasteiger partial charge in [-0.15, -0.1) is 4.52 Å². The predicted molar refractivity (Wildman–Crippen MR) is 187 cm³/mol. The second-order valence-electron chi connectivity index (χ2n) is 17.9. The molecule has 12 atom stereocenters. The molecule has 4 saturated carbocycles. The molecule has 4 rings (SSSR count). The van der Waals surface area contributed by atoms with Crippen molar-refractivity contribution >= 4 is 14.2 Å². The summed E-state index contributed by atoms with van der Waals surface area (Å²) >= 11 is 0. The van der Waals surface area contributed by atoms with Gasteiger partial charge in [-0.1, -0.05) is 58.9 Å². The van der Waals surface area contributed by atoms with Crippen molar-refractivity contribution in [2.45, 2.75) is 144 Å². The molecule has 0 bridgehead atoms. The highest BCUT2D eigenvalue weighted by Gasteiger charge is 2.60. The zero-order chi connectivity index (χ0) is 33.9. The third-order valence-electron chi connectivity index (χ3n) is 13.9. The van der Waals surface area contributed by atoms with Gasteiger partial charge < -0.3 is 19.8 Å². The van der Waals surface area contributed by atoms with Crippen molar-refractivity contribution in [2.75, 3.05) is 34.3 Å². The van der Waals surface area contributed by atoms with E-state index in [1.807, 2.05) is 21.1 Å². The van der Waals surface area contributed by atoms with Gasteiger partial charge in [0.15, 0.2) is 6.61 Å². The summed E-state index contributed by atoms with van der Waals surface area (Å²) < 4.78 is 28.9. The fourth-order valence-electron chi connectivity index (χ4n) is 11.0. The van der Waals surface area contributed by atoms with Crippen LogP contribution in [-0.2, 0) is 23.1 Å². The standard InChI is InChI=1S/C38H70NO6P.H2O/c1-10-28(26(2)3)12-11-27(4)32-15-16-33-31-14-13-29-25-30(19-21-37(29,5)34(31)20-22-38(32,33)6)44-35(40)17-18-36(41)45-46(42)43-24-23-39(7,8)9;/h26-34,36,41H,10-25H2,1-9H3;1H2/q+2;/p-1/t27-,28-,29?,30+,31?,32-,33?,34?,36?,37+,38-;/m1./s1. The summed E-state index contributed by atoms with van der Waals surface area (Å²) in [6.07, 6.45) is 14.1. The lowest BCUT2D eigenvalue weighted by molar-refractivity contribution is -0.870. The smallest absolute Gasteiger partial charge is 0.700 e. The summed E-state index contributed by atoms with van der Waals surface area (Å²) in [5.41, 5.74) is 0.860. The second kappa shape index (κ2) is 17.1. The van der Waals surface area contributed by atoms with Crippen LogP contribution in [0.15, 0.2) is 0 Å². The van der Waals surface area contributed by atoms with E-state index in [0.717, 1.165) is 60.7 Å². The maximum atomic E-state index is 12.7. The molecule has 6 unspecified atom stereocenters. The summed E-state index contributed by atoms with van der Waals surface area (Å²) in [5.74, 6) is 6.24. The lowest BCUT2D eigenvalue weighted by Crippen LogP contribution is -2.54. The van der Waals surface area contributed by atoms with E-state index in [-0.39, 0.29) is 37.0 Å². The van der Waals surface area contributed by atoms with E-state index in [4.69, 9.17) is 13.8 Å². The first kappa shape index (κ1) is 40.8. The first-order chi connectivity index (χ1) is 21.6. The second-order valence-corrected chi connectivity index (χ2v) is 18.8. The summed E-state index contributed by atoms with van der Waals surface area (Å²) in [6, 6.07) is 0. The van der Waals surface area contributed by atoms with Crippen LogP contribution in [0.3, 0.4) is 0 Å². The van der Waals surface area contributed by atoms with Gasteiger partial charge >= 0.3 is 14.2 Å². The monoisotopic (exact) mass is 684 g/mol. The zero-order valence-corrected chi connectivity index (χ0v) is 32.3. The summed E-state index contributed by atoms with van der Waals surface area (Å²) in [6.45, 7) is 16.0. The van der Waals surface area contributed by atoms with Crippen LogP contribution >= 0.6 is 8.25 Å². The number of hydrogen-bond acceptors (Lipinski definition) is 7. The summed E-state index contributed by atoms with van der Waals surface area (Å²) in [4.78, 5) is 12.7. The normalized spacial score (nSPS) is 35.9. The van der Waals surface area contributed by atoms with Crippen LogP contribution in [0.5, 0.6) is 0 Å². The van der Waals surface area contributed by atoms with E-state index >= 15 is 0 Å². The molecule has 0 aromatic carbocycles. The Bertz CT molecular complexity index is 1020. The maximum absolute atomic E-state index is 12.7. The first-order valence-electron chi connectivity index (χ1n) is 19.0. The molecule has 0 saturated heterocycles. The molecule has 47 heavy (non-hydrogen) atoms. The van der Waals surface area contributed by atoms with Crippen LogP contribution < -0.4 is 0 Å². The van der Waals surface area contributed by atoms with Gasteiger partial charge in [-0.2, -0.15) is 0 Å².